The largest absolute Gasteiger partial charge is 0.393 e. The Labute approximate surface area is 231 Å². The SMILES string of the molecule is Cc1cc(C(=O)N2CC=C(c3cn([C@H]4CC[C@H](O)CC4)c4nc(NCCCC(F)(F)F)ncc34)CC2)cc(C)n1. The number of aliphatic hydroxyl groups excluding tert-OH is 1. The van der Waals surface area contributed by atoms with Gasteiger partial charge >= 0.3 is 6.18 Å². The first-order chi connectivity index (χ1) is 19.1. The molecule has 0 radical (unpaired) electrons. The Hall–Kier alpha value is -3.47. The van der Waals surface area contributed by atoms with Crippen molar-refractivity contribution < 1.29 is 23.1 Å². The number of rotatable bonds is 7. The van der Waals surface area contributed by atoms with Crippen LogP contribution in [0.3, 0.4) is 0 Å². The maximum atomic E-state index is 13.2. The third-order valence-electron chi connectivity index (χ3n) is 7.72. The fourth-order valence-corrected chi connectivity index (χ4v) is 5.71. The van der Waals surface area contributed by atoms with Gasteiger partial charge in [0.25, 0.3) is 5.91 Å². The first kappa shape index (κ1) is 28.1. The molecular weight excluding hydrogens is 521 g/mol. The molecular formula is C29H35F3N6O2. The molecule has 0 atom stereocenters. The Kier molecular flexibility index (Phi) is 8.11. The number of hydrogen-bond donors (Lipinski definition) is 2. The molecule has 2 aliphatic rings. The fourth-order valence-electron chi connectivity index (χ4n) is 5.71. The van der Waals surface area contributed by atoms with Crippen LogP contribution < -0.4 is 5.32 Å². The van der Waals surface area contributed by atoms with Gasteiger partial charge in [0.05, 0.1) is 6.10 Å². The normalized spacial score (nSPS) is 20.1. The maximum Gasteiger partial charge on any atom is 0.389 e. The molecule has 3 aromatic rings. The second-order valence-corrected chi connectivity index (χ2v) is 10.9. The van der Waals surface area contributed by atoms with Crippen molar-refractivity contribution in [3.05, 3.63) is 53.1 Å². The molecule has 11 heteroatoms. The highest BCUT2D eigenvalue weighted by molar-refractivity contribution is 5.96. The maximum absolute atomic E-state index is 13.2. The van der Waals surface area contributed by atoms with E-state index in [1.807, 2.05) is 30.9 Å². The van der Waals surface area contributed by atoms with Crippen molar-refractivity contribution in [3.8, 4) is 0 Å². The Morgan fingerprint density at radius 3 is 2.50 bits per heavy atom. The van der Waals surface area contributed by atoms with E-state index in [2.05, 4.69) is 32.1 Å². The van der Waals surface area contributed by atoms with Crippen molar-refractivity contribution in [3.63, 3.8) is 0 Å². The van der Waals surface area contributed by atoms with Gasteiger partial charge in [0, 0.05) is 72.4 Å². The van der Waals surface area contributed by atoms with Crippen molar-refractivity contribution in [2.24, 2.45) is 0 Å². The number of aromatic nitrogens is 4. The lowest BCUT2D eigenvalue weighted by molar-refractivity contribution is -0.134. The Morgan fingerprint density at radius 1 is 1.12 bits per heavy atom. The summed E-state index contributed by atoms with van der Waals surface area (Å²) in [7, 11) is 0. The van der Waals surface area contributed by atoms with Gasteiger partial charge in [-0.15, -0.1) is 0 Å². The van der Waals surface area contributed by atoms with Crippen molar-refractivity contribution in [2.45, 2.75) is 77.1 Å². The lowest BCUT2D eigenvalue weighted by atomic mass is 9.93. The summed E-state index contributed by atoms with van der Waals surface area (Å²) < 4.78 is 39.7. The zero-order chi connectivity index (χ0) is 28.4. The van der Waals surface area contributed by atoms with Crippen LogP contribution in [0.4, 0.5) is 19.1 Å². The number of nitrogens with zero attached hydrogens (tertiary/aromatic N) is 5. The number of pyridine rings is 1. The van der Waals surface area contributed by atoms with Crippen LogP contribution in [0, 0.1) is 13.8 Å². The fraction of sp³-hybridized carbons (Fsp3) is 0.517. The summed E-state index contributed by atoms with van der Waals surface area (Å²) in [5, 5.41) is 13.8. The predicted octanol–water partition coefficient (Wildman–Crippen LogP) is 5.60. The van der Waals surface area contributed by atoms with Gasteiger partial charge in [-0.25, -0.2) is 4.98 Å². The van der Waals surface area contributed by atoms with Gasteiger partial charge in [0.2, 0.25) is 5.95 Å². The van der Waals surface area contributed by atoms with E-state index in [0.29, 0.717) is 43.9 Å². The first-order valence-corrected chi connectivity index (χ1v) is 13.9. The molecule has 1 aliphatic carbocycles. The second kappa shape index (κ2) is 11.6. The van der Waals surface area contributed by atoms with Crippen LogP contribution in [0.25, 0.3) is 16.6 Å². The van der Waals surface area contributed by atoms with Crippen LogP contribution in [-0.4, -0.2) is 67.3 Å². The van der Waals surface area contributed by atoms with Crippen molar-refractivity contribution >= 4 is 28.5 Å². The molecule has 1 saturated carbocycles. The van der Waals surface area contributed by atoms with Gasteiger partial charge in [-0.3, -0.25) is 9.78 Å². The number of nitrogens with one attached hydrogen (secondary N) is 1. The van der Waals surface area contributed by atoms with E-state index in [1.165, 1.54) is 0 Å². The van der Waals surface area contributed by atoms with Crippen LogP contribution in [0.5, 0.6) is 0 Å². The molecule has 40 heavy (non-hydrogen) atoms. The molecule has 0 aromatic carbocycles. The zero-order valence-corrected chi connectivity index (χ0v) is 22.8. The van der Waals surface area contributed by atoms with Gasteiger partial charge in [-0.2, -0.15) is 18.2 Å². The average Bonchev–Trinajstić information content (AvgIpc) is 3.29. The highest BCUT2D eigenvalue weighted by atomic mass is 19.4. The molecule has 0 saturated heterocycles. The van der Waals surface area contributed by atoms with Crippen LogP contribution >= 0.6 is 0 Å². The monoisotopic (exact) mass is 556 g/mol. The van der Waals surface area contributed by atoms with E-state index in [4.69, 9.17) is 4.98 Å². The Balaban J connectivity index is 1.39. The number of aliphatic hydroxyl groups is 1. The molecule has 3 aromatic heterocycles. The standard InChI is InChI=1S/C29H35F3N6O2/c1-18-14-21(15-19(2)35-18)27(40)37-12-8-20(9-13-37)25-17-38(22-4-6-23(39)7-5-22)26-24(25)16-34-28(36-26)33-11-3-10-29(30,31)32/h8,14-17,22-23,39H,3-7,9-13H2,1-2H3,(H,33,34,36)/t22-,23-. The van der Waals surface area contributed by atoms with E-state index in [0.717, 1.165) is 46.4 Å². The molecule has 4 heterocycles. The minimum atomic E-state index is -4.19. The predicted molar refractivity (Wildman–Crippen MR) is 147 cm³/mol. The Bertz CT molecular complexity index is 1390. The molecule has 2 N–H and O–H groups in total. The number of hydrogen-bond acceptors (Lipinski definition) is 6. The molecule has 8 nitrogen and oxygen atoms in total. The second-order valence-electron chi connectivity index (χ2n) is 10.9. The number of alkyl halides is 3. The van der Waals surface area contributed by atoms with Gasteiger partial charge < -0.3 is 19.9 Å². The number of carbonyl (C=O) groups is 1. The van der Waals surface area contributed by atoms with E-state index in [9.17, 15) is 23.1 Å². The minimum Gasteiger partial charge on any atom is -0.393 e. The molecule has 1 fully saturated rings. The van der Waals surface area contributed by atoms with Crippen molar-refractivity contribution in [1.82, 2.24) is 24.4 Å². The summed E-state index contributed by atoms with van der Waals surface area (Å²) in [6.07, 6.45) is 4.23. The lowest BCUT2D eigenvalue weighted by Crippen LogP contribution is -2.34. The van der Waals surface area contributed by atoms with Crippen LogP contribution in [0.1, 0.15) is 78.3 Å². The summed E-state index contributed by atoms with van der Waals surface area (Å²) >= 11 is 0. The van der Waals surface area contributed by atoms with Gasteiger partial charge in [-0.1, -0.05) is 6.08 Å². The van der Waals surface area contributed by atoms with Gasteiger partial charge in [0.15, 0.2) is 0 Å². The van der Waals surface area contributed by atoms with Crippen LogP contribution in [0.2, 0.25) is 0 Å². The molecule has 1 aliphatic heterocycles. The molecule has 0 spiro atoms. The first-order valence-electron chi connectivity index (χ1n) is 13.9. The van der Waals surface area contributed by atoms with E-state index >= 15 is 0 Å². The van der Waals surface area contributed by atoms with Crippen LogP contribution in [0.15, 0.2) is 30.6 Å². The number of amides is 1. The summed E-state index contributed by atoms with van der Waals surface area (Å²) in [4.78, 5) is 28.5. The van der Waals surface area contributed by atoms with E-state index in [-0.39, 0.29) is 31.0 Å². The number of aryl methyl sites for hydroxylation is 2. The third-order valence-corrected chi connectivity index (χ3v) is 7.72. The number of carbonyl (C=O) groups excluding carboxylic acids is 1. The molecule has 214 valence electrons. The smallest absolute Gasteiger partial charge is 0.389 e. The molecule has 5 rings (SSSR count). The quantitative estimate of drug-likeness (QED) is 0.368. The summed E-state index contributed by atoms with van der Waals surface area (Å²) in [6, 6.07) is 3.79. The van der Waals surface area contributed by atoms with Gasteiger partial charge in [0.1, 0.15) is 5.65 Å². The number of anilines is 1. The lowest BCUT2D eigenvalue weighted by Gasteiger charge is -2.27. The summed E-state index contributed by atoms with van der Waals surface area (Å²) in [5.41, 5.74) is 5.11. The zero-order valence-electron chi connectivity index (χ0n) is 22.8. The van der Waals surface area contributed by atoms with Crippen LogP contribution in [-0.2, 0) is 0 Å². The minimum absolute atomic E-state index is 0.0170. The molecule has 1 amide bonds. The average molecular weight is 557 g/mol. The summed E-state index contributed by atoms with van der Waals surface area (Å²) in [6.45, 7) is 4.95. The highest BCUT2D eigenvalue weighted by Gasteiger charge is 2.28. The molecule has 0 unspecified atom stereocenters. The Morgan fingerprint density at radius 2 is 1.85 bits per heavy atom. The topological polar surface area (TPSA) is 96.2 Å². The molecule has 0 bridgehead atoms. The third kappa shape index (κ3) is 6.46. The van der Waals surface area contributed by atoms with E-state index < -0.39 is 12.6 Å². The highest BCUT2D eigenvalue weighted by Crippen LogP contribution is 2.36. The summed E-state index contributed by atoms with van der Waals surface area (Å²) in [5.74, 6) is 0.283. The van der Waals surface area contributed by atoms with Gasteiger partial charge in [-0.05, 0) is 70.1 Å². The van der Waals surface area contributed by atoms with Crippen molar-refractivity contribution in [2.75, 3.05) is 25.0 Å². The van der Waals surface area contributed by atoms with Crippen molar-refractivity contribution in [1.29, 1.82) is 0 Å². The number of halogens is 3. The van der Waals surface area contributed by atoms with E-state index in [1.54, 1.807) is 6.20 Å². The number of fused-ring (bicyclic) bond motifs is 1.